The van der Waals surface area contributed by atoms with Crippen molar-refractivity contribution in [3.63, 3.8) is 0 Å². The third kappa shape index (κ3) is 3.49. The van der Waals surface area contributed by atoms with Crippen LogP contribution in [-0.4, -0.2) is 16.8 Å². The molecule has 24 heavy (non-hydrogen) atoms. The minimum absolute atomic E-state index is 0.0828. The van der Waals surface area contributed by atoms with Crippen LogP contribution in [0.25, 0.3) is 11.3 Å². The Balaban J connectivity index is 1.98. The van der Waals surface area contributed by atoms with E-state index in [0.717, 1.165) is 22.5 Å². The van der Waals surface area contributed by atoms with Crippen LogP contribution < -0.4 is 10.9 Å². The first-order valence-corrected chi connectivity index (χ1v) is 8.06. The van der Waals surface area contributed by atoms with Crippen molar-refractivity contribution in [1.82, 2.24) is 9.78 Å². The van der Waals surface area contributed by atoms with E-state index in [1.54, 1.807) is 0 Å². The monoisotopic (exact) mass is 339 g/mol. The molecule has 4 nitrogen and oxygen atoms in total. The molecule has 0 spiro atoms. The predicted octanol–water partition coefficient (Wildman–Crippen LogP) is 3.96. The normalized spacial score (nSPS) is 10.6. The van der Waals surface area contributed by atoms with E-state index in [-0.39, 0.29) is 5.56 Å². The van der Waals surface area contributed by atoms with Crippen LogP contribution in [0, 0.1) is 6.92 Å². The third-order valence-electron chi connectivity index (χ3n) is 3.87. The molecular formula is C19H18ClN3O. The molecule has 0 fully saturated rings. The first-order chi connectivity index (χ1) is 11.6. The third-order valence-corrected chi connectivity index (χ3v) is 4.12. The van der Waals surface area contributed by atoms with Crippen LogP contribution in [0.1, 0.15) is 11.1 Å². The molecule has 1 heterocycles. The molecule has 0 saturated heterocycles. The first-order valence-electron chi connectivity index (χ1n) is 7.68. The maximum atomic E-state index is 12.4. The fourth-order valence-corrected chi connectivity index (χ4v) is 2.62. The number of rotatable bonds is 4. The van der Waals surface area contributed by atoms with Gasteiger partial charge in [0.1, 0.15) is 0 Å². The van der Waals surface area contributed by atoms with Crippen molar-refractivity contribution in [2.45, 2.75) is 13.5 Å². The van der Waals surface area contributed by atoms with Crippen LogP contribution in [0.4, 0.5) is 5.69 Å². The van der Waals surface area contributed by atoms with Crippen LogP contribution in [0.3, 0.4) is 0 Å². The Bertz CT molecular complexity index is 899. The van der Waals surface area contributed by atoms with Gasteiger partial charge in [0.2, 0.25) is 0 Å². The molecule has 0 aliphatic heterocycles. The summed E-state index contributed by atoms with van der Waals surface area (Å²) in [5.74, 6) is 0. The highest BCUT2D eigenvalue weighted by Crippen LogP contribution is 2.19. The van der Waals surface area contributed by atoms with E-state index in [1.807, 2.05) is 68.6 Å². The maximum absolute atomic E-state index is 12.4. The van der Waals surface area contributed by atoms with Gasteiger partial charge in [0.15, 0.2) is 0 Å². The van der Waals surface area contributed by atoms with E-state index in [4.69, 9.17) is 11.6 Å². The molecule has 0 bridgehead atoms. The number of aromatic nitrogens is 2. The Labute approximate surface area is 145 Å². The summed E-state index contributed by atoms with van der Waals surface area (Å²) in [6.07, 6.45) is 0. The highest BCUT2D eigenvalue weighted by atomic mass is 35.5. The van der Waals surface area contributed by atoms with Crippen LogP contribution in [-0.2, 0) is 6.54 Å². The summed E-state index contributed by atoms with van der Waals surface area (Å²) in [6, 6.07) is 17.2. The number of hydrogen-bond donors (Lipinski definition) is 1. The van der Waals surface area contributed by atoms with Gasteiger partial charge in [-0.25, -0.2) is 4.68 Å². The molecule has 5 heteroatoms. The lowest BCUT2D eigenvalue weighted by atomic mass is 10.1. The van der Waals surface area contributed by atoms with Crippen molar-refractivity contribution in [3.05, 3.63) is 81.1 Å². The zero-order chi connectivity index (χ0) is 17.1. The van der Waals surface area contributed by atoms with E-state index < -0.39 is 0 Å². The van der Waals surface area contributed by atoms with Crippen LogP contribution in [0.2, 0.25) is 5.02 Å². The molecule has 3 aromatic rings. The van der Waals surface area contributed by atoms with Gasteiger partial charge >= 0.3 is 0 Å². The van der Waals surface area contributed by atoms with E-state index in [0.29, 0.717) is 17.1 Å². The Kier molecular flexibility index (Phi) is 4.67. The lowest BCUT2D eigenvalue weighted by Gasteiger charge is -2.10. The standard InChI is InChI=1S/C19H18ClN3O/c1-13-11-18(15-5-9-17(21-2)10-6-15)22-23(19(13)24)12-14-3-7-16(20)8-4-14/h3-11,21H,12H2,1-2H3. The topological polar surface area (TPSA) is 46.9 Å². The second-order valence-corrected chi connectivity index (χ2v) is 6.07. The molecule has 0 aliphatic carbocycles. The van der Waals surface area contributed by atoms with Gasteiger partial charge in [0.05, 0.1) is 12.2 Å². The van der Waals surface area contributed by atoms with E-state index in [1.165, 1.54) is 4.68 Å². The van der Waals surface area contributed by atoms with Crippen molar-refractivity contribution in [1.29, 1.82) is 0 Å². The average Bonchev–Trinajstić information content (AvgIpc) is 2.60. The first kappa shape index (κ1) is 16.3. The highest BCUT2D eigenvalue weighted by Gasteiger charge is 2.08. The van der Waals surface area contributed by atoms with Gasteiger partial charge in [-0.1, -0.05) is 35.9 Å². The number of halogens is 1. The fraction of sp³-hybridized carbons (Fsp3) is 0.158. The smallest absolute Gasteiger partial charge is 0.270 e. The van der Waals surface area contributed by atoms with E-state index in [2.05, 4.69) is 10.4 Å². The Morgan fingerprint density at radius 1 is 1.08 bits per heavy atom. The number of nitrogens with one attached hydrogen (secondary N) is 1. The van der Waals surface area contributed by atoms with Gasteiger partial charge in [0, 0.05) is 28.9 Å². The minimum Gasteiger partial charge on any atom is -0.388 e. The van der Waals surface area contributed by atoms with Crippen LogP contribution in [0.15, 0.2) is 59.4 Å². The number of benzene rings is 2. The van der Waals surface area contributed by atoms with E-state index >= 15 is 0 Å². The molecule has 0 radical (unpaired) electrons. The van der Waals surface area contributed by atoms with Gasteiger partial charge in [-0.05, 0) is 42.8 Å². The van der Waals surface area contributed by atoms with Crippen LogP contribution >= 0.6 is 11.6 Å². The molecule has 0 aliphatic rings. The SMILES string of the molecule is CNc1ccc(-c2cc(C)c(=O)n(Cc3ccc(Cl)cc3)n2)cc1. The Morgan fingerprint density at radius 2 is 1.75 bits per heavy atom. The van der Waals surface area contributed by atoms with Gasteiger partial charge in [0.25, 0.3) is 5.56 Å². The van der Waals surface area contributed by atoms with Gasteiger partial charge < -0.3 is 5.32 Å². The lowest BCUT2D eigenvalue weighted by molar-refractivity contribution is 0.638. The Hall–Kier alpha value is -2.59. The molecule has 1 N–H and O–H groups in total. The largest absolute Gasteiger partial charge is 0.388 e. The summed E-state index contributed by atoms with van der Waals surface area (Å²) < 4.78 is 1.50. The summed E-state index contributed by atoms with van der Waals surface area (Å²) in [4.78, 5) is 12.4. The molecular weight excluding hydrogens is 322 g/mol. The fourth-order valence-electron chi connectivity index (χ4n) is 2.49. The highest BCUT2D eigenvalue weighted by molar-refractivity contribution is 6.30. The van der Waals surface area contributed by atoms with Crippen molar-refractivity contribution >= 4 is 17.3 Å². The summed E-state index contributed by atoms with van der Waals surface area (Å²) in [5, 5.41) is 8.29. The number of hydrogen-bond acceptors (Lipinski definition) is 3. The zero-order valence-electron chi connectivity index (χ0n) is 13.6. The molecule has 0 unspecified atom stereocenters. The molecule has 122 valence electrons. The van der Waals surface area contributed by atoms with Gasteiger partial charge in [-0.15, -0.1) is 0 Å². The maximum Gasteiger partial charge on any atom is 0.270 e. The summed E-state index contributed by atoms with van der Waals surface area (Å²) in [5.41, 5.74) is 4.36. The second-order valence-electron chi connectivity index (χ2n) is 5.63. The molecule has 2 aromatic carbocycles. The van der Waals surface area contributed by atoms with Crippen LogP contribution in [0.5, 0.6) is 0 Å². The molecule has 0 amide bonds. The number of aryl methyl sites for hydroxylation is 1. The number of nitrogens with zero attached hydrogens (tertiary/aromatic N) is 2. The van der Waals surface area contributed by atoms with Crippen molar-refractivity contribution < 1.29 is 0 Å². The molecule has 0 saturated carbocycles. The predicted molar refractivity (Wildman–Crippen MR) is 98.8 cm³/mol. The van der Waals surface area contributed by atoms with Crippen molar-refractivity contribution in [2.75, 3.05) is 12.4 Å². The minimum atomic E-state index is -0.0828. The quantitative estimate of drug-likeness (QED) is 0.782. The Morgan fingerprint density at radius 3 is 2.38 bits per heavy atom. The summed E-state index contributed by atoms with van der Waals surface area (Å²) >= 11 is 5.91. The summed E-state index contributed by atoms with van der Waals surface area (Å²) in [6.45, 7) is 2.23. The van der Waals surface area contributed by atoms with Crippen molar-refractivity contribution in [3.8, 4) is 11.3 Å². The molecule has 3 rings (SSSR count). The van der Waals surface area contributed by atoms with Crippen molar-refractivity contribution in [2.24, 2.45) is 0 Å². The number of anilines is 1. The molecule has 1 aromatic heterocycles. The lowest BCUT2D eigenvalue weighted by Crippen LogP contribution is -2.25. The van der Waals surface area contributed by atoms with E-state index in [9.17, 15) is 4.79 Å². The van der Waals surface area contributed by atoms with Gasteiger partial charge in [-0.2, -0.15) is 5.10 Å². The average molecular weight is 340 g/mol. The molecule has 0 atom stereocenters. The second kappa shape index (κ2) is 6.89. The van der Waals surface area contributed by atoms with Gasteiger partial charge in [-0.3, -0.25) is 4.79 Å². The summed E-state index contributed by atoms with van der Waals surface area (Å²) in [7, 11) is 1.88. The zero-order valence-corrected chi connectivity index (χ0v) is 14.3.